The highest BCUT2D eigenvalue weighted by atomic mass is 16.5. The molecule has 4 heteroatoms. The molecular formula is C20H23NO3. The molecule has 1 amide bonds. The maximum atomic E-state index is 12.1. The maximum Gasteiger partial charge on any atom is 0.248 e. The van der Waals surface area contributed by atoms with E-state index in [4.69, 9.17) is 9.47 Å². The molecule has 0 heterocycles. The number of rotatable bonds is 6. The Balaban J connectivity index is 2.09. The molecule has 0 saturated carbocycles. The standard InChI is InChI=1S/C20H23NO3/c1-5-24-19-13-16(7-10-18(19)23-4)8-11-20(22)21-17-9-6-14(2)12-15(17)3/h6-13H,5H2,1-4H3,(H,21,22)/b11-8+. The summed E-state index contributed by atoms with van der Waals surface area (Å²) in [6, 6.07) is 11.5. The number of hydrogen-bond donors (Lipinski definition) is 1. The van der Waals surface area contributed by atoms with Crippen molar-refractivity contribution in [2.75, 3.05) is 19.0 Å². The van der Waals surface area contributed by atoms with E-state index in [1.807, 2.05) is 57.2 Å². The summed E-state index contributed by atoms with van der Waals surface area (Å²) in [5, 5.41) is 2.89. The molecule has 0 saturated heterocycles. The summed E-state index contributed by atoms with van der Waals surface area (Å²) < 4.78 is 10.8. The molecule has 0 aliphatic heterocycles. The van der Waals surface area contributed by atoms with Crippen molar-refractivity contribution in [3.8, 4) is 11.5 Å². The first-order valence-electron chi connectivity index (χ1n) is 7.90. The quantitative estimate of drug-likeness (QED) is 0.803. The summed E-state index contributed by atoms with van der Waals surface area (Å²) >= 11 is 0. The predicted molar refractivity (Wildman–Crippen MR) is 97.7 cm³/mol. The van der Waals surface area contributed by atoms with Crippen LogP contribution < -0.4 is 14.8 Å². The molecule has 2 aromatic carbocycles. The predicted octanol–water partition coefficient (Wildman–Crippen LogP) is 4.36. The van der Waals surface area contributed by atoms with Gasteiger partial charge in [0.1, 0.15) is 0 Å². The first-order valence-corrected chi connectivity index (χ1v) is 7.90. The third-order valence-corrected chi connectivity index (χ3v) is 3.55. The van der Waals surface area contributed by atoms with Crippen LogP contribution >= 0.6 is 0 Å². The van der Waals surface area contributed by atoms with Crippen molar-refractivity contribution < 1.29 is 14.3 Å². The topological polar surface area (TPSA) is 47.6 Å². The van der Waals surface area contributed by atoms with Gasteiger partial charge in [0, 0.05) is 11.8 Å². The van der Waals surface area contributed by atoms with E-state index in [-0.39, 0.29) is 5.91 Å². The third kappa shape index (κ3) is 4.62. The molecule has 0 spiro atoms. The Morgan fingerprint density at radius 3 is 2.58 bits per heavy atom. The lowest BCUT2D eigenvalue weighted by Crippen LogP contribution is -2.08. The van der Waals surface area contributed by atoms with Gasteiger partial charge in [0.15, 0.2) is 11.5 Å². The van der Waals surface area contributed by atoms with Crippen LogP contribution in [0.3, 0.4) is 0 Å². The van der Waals surface area contributed by atoms with Crippen LogP contribution in [0.5, 0.6) is 11.5 Å². The van der Waals surface area contributed by atoms with E-state index in [0.29, 0.717) is 18.1 Å². The first kappa shape index (κ1) is 17.6. The largest absolute Gasteiger partial charge is 0.493 e. The fourth-order valence-electron chi connectivity index (χ4n) is 2.37. The van der Waals surface area contributed by atoms with Crippen molar-refractivity contribution in [1.82, 2.24) is 0 Å². The summed E-state index contributed by atoms with van der Waals surface area (Å²) in [5.74, 6) is 1.17. The summed E-state index contributed by atoms with van der Waals surface area (Å²) in [6.07, 6.45) is 3.26. The Labute approximate surface area is 143 Å². The highest BCUT2D eigenvalue weighted by Gasteiger charge is 2.05. The molecule has 0 bridgehead atoms. The number of methoxy groups -OCH3 is 1. The molecule has 126 valence electrons. The van der Waals surface area contributed by atoms with Gasteiger partial charge in [-0.3, -0.25) is 4.79 Å². The van der Waals surface area contributed by atoms with Crippen LogP contribution in [0.15, 0.2) is 42.5 Å². The van der Waals surface area contributed by atoms with Crippen LogP contribution in [0.1, 0.15) is 23.6 Å². The molecule has 0 aliphatic carbocycles. The molecule has 1 N–H and O–H groups in total. The van der Waals surface area contributed by atoms with Crippen molar-refractivity contribution >= 4 is 17.7 Å². The van der Waals surface area contributed by atoms with Gasteiger partial charge in [-0.15, -0.1) is 0 Å². The zero-order valence-electron chi connectivity index (χ0n) is 14.6. The van der Waals surface area contributed by atoms with Crippen LogP contribution in [0, 0.1) is 13.8 Å². The molecule has 0 radical (unpaired) electrons. The summed E-state index contributed by atoms with van der Waals surface area (Å²) in [4.78, 5) is 12.1. The second-order valence-electron chi connectivity index (χ2n) is 5.48. The maximum absolute atomic E-state index is 12.1. The van der Waals surface area contributed by atoms with Crippen molar-refractivity contribution in [3.63, 3.8) is 0 Å². The SMILES string of the molecule is CCOc1cc(/C=C/C(=O)Nc2ccc(C)cc2C)ccc1OC. The van der Waals surface area contributed by atoms with Crippen molar-refractivity contribution in [2.24, 2.45) is 0 Å². The normalized spacial score (nSPS) is 10.7. The second-order valence-corrected chi connectivity index (χ2v) is 5.48. The van der Waals surface area contributed by atoms with Gasteiger partial charge in [0.05, 0.1) is 13.7 Å². The number of carbonyl (C=O) groups is 1. The fraction of sp³-hybridized carbons (Fsp3) is 0.250. The Morgan fingerprint density at radius 1 is 1.12 bits per heavy atom. The lowest BCUT2D eigenvalue weighted by molar-refractivity contribution is -0.111. The summed E-state index contributed by atoms with van der Waals surface area (Å²) in [5.41, 5.74) is 3.90. The third-order valence-electron chi connectivity index (χ3n) is 3.55. The van der Waals surface area contributed by atoms with Crippen LogP contribution in [0.2, 0.25) is 0 Å². The summed E-state index contributed by atoms with van der Waals surface area (Å²) in [7, 11) is 1.60. The Morgan fingerprint density at radius 2 is 1.92 bits per heavy atom. The van der Waals surface area contributed by atoms with Crippen LogP contribution in [-0.4, -0.2) is 19.6 Å². The highest BCUT2D eigenvalue weighted by molar-refractivity contribution is 6.02. The zero-order valence-corrected chi connectivity index (χ0v) is 14.6. The minimum atomic E-state index is -0.171. The lowest BCUT2D eigenvalue weighted by Gasteiger charge is -2.09. The van der Waals surface area contributed by atoms with Gasteiger partial charge in [-0.1, -0.05) is 23.8 Å². The molecule has 0 atom stereocenters. The van der Waals surface area contributed by atoms with E-state index in [1.54, 1.807) is 13.2 Å². The lowest BCUT2D eigenvalue weighted by atomic mass is 10.1. The van der Waals surface area contributed by atoms with Gasteiger partial charge in [0.25, 0.3) is 0 Å². The van der Waals surface area contributed by atoms with Crippen LogP contribution in [-0.2, 0) is 4.79 Å². The average molecular weight is 325 g/mol. The Kier molecular flexibility index (Phi) is 6.01. The molecule has 24 heavy (non-hydrogen) atoms. The van der Waals surface area contributed by atoms with Crippen LogP contribution in [0.25, 0.3) is 6.08 Å². The number of benzene rings is 2. The Bertz CT molecular complexity index is 751. The number of ether oxygens (including phenoxy) is 2. The van der Waals surface area contributed by atoms with Gasteiger partial charge in [-0.25, -0.2) is 0 Å². The second kappa shape index (κ2) is 8.20. The van der Waals surface area contributed by atoms with E-state index in [2.05, 4.69) is 5.32 Å². The van der Waals surface area contributed by atoms with E-state index in [1.165, 1.54) is 11.6 Å². The smallest absolute Gasteiger partial charge is 0.248 e. The zero-order chi connectivity index (χ0) is 17.5. The first-order chi connectivity index (χ1) is 11.5. The molecule has 0 unspecified atom stereocenters. The van der Waals surface area contributed by atoms with E-state index < -0.39 is 0 Å². The van der Waals surface area contributed by atoms with E-state index in [0.717, 1.165) is 16.8 Å². The molecule has 0 fully saturated rings. The molecule has 2 aromatic rings. The number of nitrogens with one attached hydrogen (secondary N) is 1. The number of anilines is 1. The highest BCUT2D eigenvalue weighted by Crippen LogP contribution is 2.28. The van der Waals surface area contributed by atoms with Crippen molar-refractivity contribution in [2.45, 2.75) is 20.8 Å². The monoisotopic (exact) mass is 325 g/mol. The van der Waals surface area contributed by atoms with E-state index >= 15 is 0 Å². The minimum Gasteiger partial charge on any atom is -0.493 e. The van der Waals surface area contributed by atoms with E-state index in [9.17, 15) is 4.79 Å². The minimum absolute atomic E-state index is 0.171. The van der Waals surface area contributed by atoms with Crippen molar-refractivity contribution in [3.05, 3.63) is 59.2 Å². The molecule has 0 aromatic heterocycles. The van der Waals surface area contributed by atoms with Crippen LogP contribution in [0.4, 0.5) is 5.69 Å². The molecule has 0 aliphatic rings. The van der Waals surface area contributed by atoms with Gasteiger partial charge >= 0.3 is 0 Å². The van der Waals surface area contributed by atoms with Gasteiger partial charge < -0.3 is 14.8 Å². The molecular weight excluding hydrogens is 302 g/mol. The van der Waals surface area contributed by atoms with Crippen molar-refractivity contribution in [1.29, 1.82) is 0 Å². The fourth-order valence-corrected chi connectivity index (χ4v) is 2.37. The number of carbonyl (C=O) groups excluding carboxylic acids is 1. The van der Waals surface area contributed by atoms with Gasteiger partial charge in [-0.2, -0.15) is 0 Å². The number of hydrogen-bond acceptors (Lipinski definition) is 3. The summed E-state index contributed by atoms with van der Waals surface area (Å²) in [6.45, 7) is 6.47. The van der Waals surface area contributed by atoms with Gasteiger partial charge in [-0.05, 0) is 56.2 Å². The number of aryl methyl sites for hydroxylation is 2. The average Bonchev–Trinajstić information content (AvgIpc) is 2.56. The molecule has 2 rings (SSSR count). The number of amides is 1. The molecule has 4 nitrogen and oxygen atoms in total. The Hall–Kier alpha value is -2.75. The van der Waals surface area contributed by atoms with Gasteiger partial charge in [0.2, 0.25) is 5.91 Å².